The summed E-state index contributed by atoms with van der Waals surface area (Å²) in [7, 11) is 2.05. The molecule has 6 heteroatoms. The summed E-state index contributed by atoms with van der Waals surface area (Å²) in [5.74, 6) is 1.13. The van der Waals surface area contributed by atoms with Crippen molar-refractivity contribution >= 4 is 0 Å². The molecule has 1 aliphatic rings. The molecule has 1 atom stereocenters. The summed E-state index contributed by atoms with van der Waals surface area (Å²) in [4.78, 5) is 18.2. The van der Waals surface area contributed by atoms with Crippen molar-refractivity contribution in [2.75, 3.05) is 19.6 Å². The number of hydrogen-bond acceptors (Lipinski definition) is 5. The molecule has 1 unspecified atom stereocenters. The third-order valence-corrected chi connectivity index (χ3v) is 4.33. The lowest BCUT2D eigenvalue weighted by atomic mass is 10.2. The minimum atomic E-state index is 0.517. The summed E-state index contributed by atoms with van der Waals surface area (Å²) in [5.41, 5.74) is 2.02. The number of rotatable bonds is 4. The predicted molar refractivity (Wildman–Crippen MR) is 85.1 cm³/mol. The SMILES string of the molecule is Cc1cnc(CN2CCN(Cc3nccn3C)C(C)C2)cn1. The summed E-state index contributed by atoms with van der Waals surface area (Å²) < 4.78 is 2.10. The fraction of sp³-hybridized carbons (Fsp3) is 0.562. The van der Waals surface area contributed by atoms with Crippen LogP contribution in [0.4, 0.5) is 0 Å². The second kappa shape index (κ2) is 6.54. The fourth-order valence-corrected chi connectivity index (χ4v) is 2.91. The molecule has 22 heavy (non-hydrogen) atoms. The van der Waals surface area contributed by atoms with Crippen molar-refractivity contribution in [2.24, 2.45) is 7.05 Å². The molecule has 3 heterocycles. The predicted octanol–water partition coefficient (Wildman–Crippen LogP) is 1.22. The second-order valence-electron chi connectivity index (χ2n) is 6.16. The van der Waals surface area contributed by atoms with Crippen LogP contribution < -0.4 is 0 Å². The van der Waals surface area contributed by atoms with Crippen molar-refractivity contribution in [1.82, 2.24) is 29.3 Å². The molecule has 2 aromatic heterocycles. The van der Waals surface area contributed by atoms with Gasteiger partial charge < -0.3 is 4.57 Å². The quantitative estimate of drug-likeness (QED) is 0.850. The van der Waals surface area contributed by atoms with E-state index < -0.39 is 0 Å². The molecule has 0 radical (unpaired) electrons. The van der Waals surface area contributed by atoms with E-state index >= 15 is 0 Å². The van der Waals surface area contributed by atoms with Gasteiger partial charge in [0.05, 0.1) is 17.9 Å². The molecule has 0 bridgehead atoms. The summed E-state index contributed by atoms with van der Waals surface area (Å²) in [6, 6.07) is 0.517. The lowest BCUT2D eigenvalue weighted by Crippen LogP contribution is -2.51. The Morgan fingerprint density at radius 1 is 1.14 bits per heavy atom. The molecule has 0 N–H and O–H groups in total. The highest BCUT2D eigenvalue weighted by molar-refractivity contribution is 5.01. The number of imidazole rings is 1. The van der Waals surface area contributed by atoms with Crippen LogP contribution >= 0.6 is 0 Å². The molecule has 1 aliphatic heterocycles. The number of aromatic nitrogens is 4. The largest absolute Gasteiger partial charge is 0.337 e. The molecule has 6 nitrogen and oxygen atoms in total. The van der Waals surface area contributed by atoms with Crippen LogP contribution in [-0.4, -0.2) is 55.0 Å². The number of aryl methyl sites for hydroxylation is 2. The fourth-order valence-electron chi connectivity index (χ4n) is 2.91. The van der Waals surface area contributed by atoms with Crippen molar-refractivity contribution in [2.45, 2.75) is 33.0 Å². The van der Waals surface area contributed by atoms with Crippen LogP contribution in [0, 0.1) is 6.92 Å². The topological polar surface area (TPSA) is 50.1 Å². The smallest absolute Gasteiger partial charge is 0.122 e. The average Bonchev–Trinajstić information content (AvgIpc) is 2.90. The van der Waals surface area contributed by atoms with Crippen LogP contribution in [0.3, 0.4) is 0 Å². The summed E-state index contributed by atoms with van der Waals surface area (Å²) in [6.07, 6.45) is 7.61. The minimum Gasteiger partial charge on any atom is -0.337 e. The Hall–Kier alpha value is -1.79. The van der Waals surface area contributed by atoms with Gasteiger partial charge in [-0.05, 0) is 13.8 Å². The molecule has 0 aliphatic carbocycles. The molecule has 2 aromatic rings. The highest BCUT2D eigenvalue weighted by atomic mass is 15.3. The van der Waals surface area contributed by atoms with E-state index in [9.17, 15) is 0 Å². The first-order valence-electron chi connectivity index (χ1n) is 7.82. The normalized spacial score (nSPS) is 20.4. The van der Waals surface area contributed by atoms with Gasteiger partial charge in [-0.25, -0.2) is 4.98 Å². The highest BCUT2D eigenvalue weighted by Gasteiger charge is 2.24. The summed E-state index contributed by atoms with van der Waals surface area (Å²) in [5, 5.41) is 0. The van der Waals surface area contributed by atoms with E-state index in [1.807, 2.05) is 31.7 Å². The van der Waals surface area contributed by atoms with Gasteiger partial charge in [0.25, 0.3) is 0 Å². The monoisotopic (exact) mass is 300 g/mol. The van der Waals surface area contributed by atoms with Crippen molar-refractivity contribution in [1.29, 1.82) is 0 Å². The summed E-state index contributed by atoms with van der Waals surface area (Å²) >= 11 is 0. The van der Waals surface area contributed by atoms with Gasteiger partial charge >= 0.3 is 0 Å². The minimum absolute atomic E-state index is 0.517. The Balaban J connectivity index is 1.55. The van der Waals surface area contributed by atoms with Crippen molar-refractivity contribution in [3.8, 4) is 0 Å². The Morgan fingerprint density at radius 2 is 2.00 bits per heavy atom. The zero-order valence-electron chi connectivity index (χ0n) is 13.6. The van der Waals surface area contributed by atoms with Gasteiger partial charge in [-0.2, -0.15) is 0 Å². The first kappa shape index (κ1) is 15.1. The Morgan fingerprint density at radius 3 is 2.64 bits per heavy atom. The van der Waals surface area contributed by atoms with Crippen molar-refractivity contribution < 1.29 is 0 Å². The second-order valence-corrected chi connectivity index (χ2v) is 6.16. The molecule has 1 saturated heterocycles. The van der Waals surface area contributed by atoms with Crippen LogP contribution in [0.2, 0.25) is 0 Å². The maximum Gasteiger partial charge on any atom is 0.122 e. The van der Waals surface area contributed by atoms with E-state index in [-0.39, 0.29) is 0 Å². The Labute approximate surface area is 131 Å². The zero-order chi connectivity index (χ0) is 15.5. The van der Waals surface area contributed by atoms with E-state index in [2.05, 4.69) is 43.3 Å². The van der Waals surface area contributed by atoms with Gasteiger partial charge in [0, 0.05) is 64.1 Å². The molecular formula is C16H24N6. The molecule has 3 rings (SSSR count). The molecule has 118 valence electrons. The maximum atomic E-state index is 4.46. The number of hydrogen-bond donors (Lipinski definition) is 0. The maximum absolute atomic E-state index is 4.46. The molecule has 0 aromatic carbocycles. The molecule has 0 amide bonds. The first-order chi connectivity index (χ1) is 10.6. The lowest BCUT2D eigenvalue weighted by Gasteiger charge is -2.39. The van der Waals surface area contributed by atoms with Gasteiger partial charge in [-0.3, -0.25) is 19.8 Å². The third-order valence-electron chi connectivity index (χ3n) is 4.33. The van der Waals surface area contributed by atoms with Gasteiger partial charge in [0.15, 0.2) is 0 Å². The molecule has 0 spiro atoms. The van der Waals surface area contributed by atoms with E-state index in [1.54, 1.807) is 0 Å². The van der Waals surface area contributed by atoms with Crippen molar-refractivity contribution in [3.63, 3.8) is 0 Å². The number of piperazine rings is 1. The van der Waals surface area contributed by atoms with Gasteiger partial charge in [0.1, 0.15) is 5.82 Å². The Kier molecular flexibility index (Phi) is 4.49. The van der Waals surface area contributed by atoms with Crippen LogP contribution in [0.25, 0.3) is 0 Å². The van der Waals surface area contributed by atoms with E-state index in [0.29, 0.717) is 6.04 Å². The Bertz CT molecular complexity index is 605. The van der Waals surface area contributed by atoms with Gasteiger partial charge in [0.2, 0.25) is 0 Å². The van der Waals surface area contributed by atoms with Gasteiger partial charge in [-0.15, -0.1) is 0 Å². The molecule has 1 fully saturated rings. The third kappa shape index (κ3) is 3.51. The van der Waals surface area contributed by atoms with Gasteiger partial charge in [-0.1, -0.05) is 0 Å². The van der Waals surface area contributed by atoms with Crippen molar-refractivity contribution in [3.05, 3.63) is 42.0 Å². The first-order valence-corrected chi connectivity index (χ1v) is 7.82. The van der Waals surface area contributed by atoms with Crippen LogP contribution in [0.15, 0.2) is 24.8 Å². The van der Waals surface area contributed by atoms with E-state index in [1.165, 1.54) is 0 Å². The average molecular weight is 300 g/mol. The van der Waals surface area contributed by atoms with E-state index in [4.69, 9.17) is 0 Å². The lowest BCUT2D eigenvalue weighted by molar-refractivity contribution is 0.0699. The summed E-state index contributed by atoms with van der Waals surface area (Å²) in [6.45, 7) is 9.24. The van der Waals surface area contributed by atoms with Crippen LogP contribution in [0.1, 0.15) is 24.1 Å². The molecule has 0 saturated carbocycles. The standard InChI is InChI=1S/C16H24N6/c1-13-8-19-15(9-18-13)11-21-6-7-22(14(2)10-21)12-16-17-4-5-20(16)3/h4-5,8-9,14H,6-7,10-12H2,1-3H3. The van der Waals surface area contributed by atoms with Crippen LogP contribution in [-0.2, 0) is 20.1 Å². The number of nitrogens with zero attached hydrogens (tertiary/aromatic N) is 6. The van der Waals surface area contributed by atoms with Crippen LogP contribution in [0.5, 0.6) is 0 Å². The van der Waals surface area contributed by atoms with E-state index in [0.717, 1.165) is 49.9 Å². The highest BCUT2D eigenvalue weighted by Crippen LogP contribution is 2.14. The molecular weight excluding hydrogens is 276 g/mol. The zero-order valence-corrected chi connectivity index (χ0v) is 13.6.